The van der Waals surface area contributed by atoms with Crippen LogP contribution in [-0.2, 0) is 27.2 Å². The number of esters is 1. The van der Waals surface area contributed by atoms with Crippen LogP contribution in [0.2, 0.25) is 0 Å². The van der Waals surface area contributed by atoms with E-state index in [1.807, 2.05) is 36.4 Å². The minimum atomic E-state index is -0.374. The maximum absolute atomic E-state index is 12.7. The van der Waals surface area contributed by atoms with Crippen LogP contribution in [0.5, 0.6) is 0 Å². The van der Waals surface area contributed by atoms with E-state index in [4.69, 9.17) is 9.47 Å². The molecular formula is C21H26N2O3. The highest BCUT2D eigenvalue weighted by molar-refractivity contribution is 5.76. The first kappa shape index (κ1) is 18.6. The van der Waals surface area contributed by atoms with Crippen LogP contribution in [0.1, 0.15) is 11.1 Å². The second-order valence-corrected chi connectivity index (χ2v) is 6.38. The Balaban J connectivity index is 1.87. The second kappa shape index (κ2) is 9.48. The fraction of sp³-hybridized carbons (Fsp3) is 0.381. The number of carbonyl (C=O) groups is 1. The third kappa shape index (κ3) is 4.91. The Kier molecular flexibility index (Phi) is 6.77. The van der Waals surface area contributed by atoms with Gasteiger partial charge in [-0.25, -0.2) is 10.0 Å². The molecule has 2 aromatic carbocycles. The molecule has 0 aromatic heterocycles. The van der Waals surface area contributed by atoms with Gasteiger partial charge in [-0.15, -0.1) is 0 Å². The number of nitrogens with zero attached hydrogens (tertiary/aromatic N) is 2. The molecule has 5 heteroatoms. The van der Waals surface area contributed by atoms with Gasteiger partial charge in [0.15, 0.2) is 0 Å². The number of benzene rings is 2. The van der Waals surface area contributed by atoms with E-state index >= 15 is 0 Å². The van der Waals surface area contributed by atoms with Gasteiger partial charge >= 0.3 is 5.97 Å². The number of carbonyl (C=O) groups excluding carboxylic acids is 1. The summed E-state index contributed by atoms with van der Waals surface area (Å²) in [6, 6.07) is 19.9. The minimum Gasteiger partial charge on any atom is -0.468 e. The number of hydrogen-bond acceptors (Lipinski definition) is 5. The van der Waals surface area contributed by atoms with E-state index < -0.39 is 0 Å². The number of ether oxygens (including phenoxy) is 2. The van der Waals surface area contributed by atoms with Crippen molar-refractivity contribution in [2.45, 2.75) is 19.0 Å². The molecule has 0 radical (unpaired) electrons. The molecule has 1 heterocycles. The van der Waals surface area contributed by atoms with Crippen molar-refractivity contribution in [2.24, 2.45) is 0 Å². The first-order chi connectivity index (χ1) is 12.8. The molecule has 0 amide bonds. The Hall–Kier alpha value is -2.21. The van der Waals surface area contributed by atoms with Gasteiger partial charge in [-0.2, -0.15) is 0 Å². The molecule has 5 nitrogen and oxygen atoms in total. The smallest absolute Gasteiger partial charge is 0.324 e. The van der Waals surface area contributed by atoms with Crippen LogP contribution >= 0.6 is 0 Å². The fourth-order valence-corrected chi connectivity index (χ4v) is 3.27. The normalized spacial score (nSPS) is 16.4. The largest absolute Gasteiger partial charge is 0.468 e. The van der Waals surface area contributed by atoms with Crippen LogP contribution in [0.4, 0.5) is 0 Å². The number of hydrazine groups is 1. The average molecular weight is 354 g/mol. The highest BCUT2D eigenvalue weighted by atomic mass is 16.5. The van der Waals surface area contributed by atoms with Crippen LogP contribution in [0.25, 0.3) is 0 Å². The van der Waals surface area contributed by atoms with Crippen molar-refractivity contribution >= 4 is 5.97 Å². The summed E-state index contributed by atoms with van der Waals surface area (Å²) >= 11 is 0. The summed E-state index contributed by atoms with van der Waals surface area (Å²) in [4.78, 5) is 12.7. The van der Waals surface area contributed by atoms with Crippen molar-refractivity contribution in [1.29, 1.82) is 0 Å². The lowest BCUT2D eigenvalue weighted by Crippen LogP contribution is -2.56. The van der Waals surface area contributed by atoms with Crippen LogP contribution in [0.3, 0.4) is 0 Å². The Morgan fingerprint density at radius 1 is 1.04 bits per heavy atom. The first-order valence-electron chi connectivity index (χ1n) is 9.03. The van der Waals surface area contributed by atoms with E-state index in [1.165, 1.54) is 12.7 Å². The molecule has 0 bridgehead atoms. The number of hydrogen-bond donors (Lipinski definition) is 0. The zero-order valence-electron chi connectivity index (χ0n) is 15.2. The standard InChI is InChI=1S/C21H26N2O3/c1-25-21(24)20(16-18-8-4-2-5-9-18)23(22-12-14-26-15-13-22)17-19-10-6-3-7-11-19/h2-11,20H,12-17H2,1H3. The highest BCUT2D eigenvalue weighted by Crippen LogP contribution is 2.18. The Labute approximate surface area is 155 Å². The van der Waals surface area contributed by atoms with Crippen molar-refractivity contribution < 1.29 is 14.3 Å². The summed E-state index contributed by atoms with van der Waals surface area (Å²) in [6.07, 6.45) is 0.609. The zero-order chi connectivity index (χ0) is 18.2. The summed E-state index contributed by atoms with van der Waals surface area (Å²) in [6.45, 7) is 3.55. The molecule has 1 aliphatic rings. The monoisotopic (exact) mass is 354 g/mol. The van der Waals surface area contributed by atoms with Gasteiger partial charge < -0.3 is 9.47 Å². The summed E-state index contributed by atoms with van der Waals surface area (Å²) in [5.74, 6) is -0.212. The van der Waals surface area contributed by atoms with Crippen molar-refractivity contribution in [3.8, 4) is 0 Å². The van der Waals surface area contributed by atoms with Crippen LogP contribution in [-0.4, -0.2) is 55.4 Å². The lowest BCUT2D eigenvalue weighted by atomic mass is 10.0. The van der Waals surface area contributed by atoms with Crippen molar-refractivity contribution in [1.82, 2.24) is 10.0 Å². The Bertz CT molecular complexity index is 672. The molecule has 138 valence electrons. The lowest BCUT2D eigenvalue weighted by molar-refractivity contribution is -0.165. The second-order valence-electron chi connectivity index (χ2n) is 6.38. The molecule has 0 N–H and O–H groups in total. The van der Waals surface area contributed by atoms with Crippen molar-refractivity contribution in [2.75, 3.05) is 33.4 Å². The molecule has 1 aliphatic heterocycles. The predicted octanol–water partition coefficient (Wildman–Crippen LogP) is 2.52. The summed E-state index contributed by atoms with van der Waals surface area (Å²) < 4.78 is 10.7. The molecule has 2 aromatic rings. The number of morpholine rings is 1. The molecule has 1 saturated heterocycles. The predicted molar refractivity (Wildman–Crippen MR) is 100 cm³/mol. The van der Waals surface area contributed by atoms with Gasteiger partial charge in [-0.3, -0.25) is 4.79 Å². The molecular weight excluding hydrogens is 328 g/mol. The topological polar surface area (TPSA) is 42.0 Å². The zero-order valence-corrected chi connectivity index (χ0v) is 15.2. The Morgan fingerprint density at radius 2 is 1.62 bits per heavy atom. The van der Waals surface area contributed by atoms with E-state index in [-0.39, 0.29) is 12.0 Å². The van der Waals surface area contributed by atoms with Crippen LogP contribution < -0.4 is 0 Å². The van der Waals surface area contributed by atoms with E-state index in [0.717, 1.165) is 18.7 Å². The molecule has 0 spiro atoms. The molecule has 0 saturated carbocycles. The molecule has 3 rings (SSSR count). The SMILES string of the molecule is COC(=O)C(Cc1ccccc1)N(Cc1ccccc1)N1CCOCC1. The van der Waals surface area contributed by atoms with Gasteiger partial charge in [0.1, 0.15) is 6.04 Å². The first-order valence-corrected chi connectivity index (χ1v) is 9.03. The lowest BCUT2D eigenvalue weighted by Gasteiger charge is -2.41. The third-order valence-electron chi connectivity index (χ3n) is 4.64. The fourth-order valence-electron chi connectivity index (χ4n) is 3.27. The highest BCUT2D eigenvalue weighted by Gasteiger charge is 2.32. The quantitative estimate of drug-likeness (QED) is 0.715. The van der Waals surface area contributed by atoms with E-state index in [1.54, 1.807) is 0 Å². The summed E-state index contributed by atoms with van der Waals surface area (Å²) in [7, 11) is 1.46. The van der Waals surface area contributed by atoms with Gasteiger partial charge in [0.25, 0.3) is 0 Å². The van der Waals surface area contributed by atoms with Crippen molar-refractivity contribution in [3.05, 3.63) is 71.8 Å². The number of methoxy groups -OCH3 is 1. The van der Waals surface area contributed by atoms with Gasteiger partial charge in [0.05, 0.1) is 20.3 Å². The molecule has 26 heavy (non-hydrogen) atoms. The Morgan fingerprint density at radius 3 is 2.19 bits per heavy atom. The molecule has 1 unspecified atom stereocenters. The van der Waals surface area contributed by atoms with Gasteiger partial charge in [-0.1, -0.05) is 60.7 Å². The molecule has 1 atom stereocenters. The maximum Gasteiger partial charge on any atom is 0.324 e. The van der Waals surface area contributed by atoms with E-state index in [0.29, 0.717) is 26.2 Å². The third-order valence-corrected chi connectivity index (χ3v) is 4.64. The molecule has 0 aliphatic carbocycles. The summed E-state index contributed by atoms with van der Waals surface area (Å²) in [5.41, 5.74) is 2.29. The number of rotatable bonds is 7. The van der Waals surface area contributed by atoms with Crippen LogP contribution in [0.15, 0.2) is 60.7 Å². The van der Waals surface area contributed by atoms with Crippen molar-refractivity contribution in [3.63, 3.8) is 0 Å². The van der Waals surface area contributed by atoms with Gasteiger partial charge in [-0.05, 0) is 11.1 Å². The summed E-state index contributed by atoms with van der Waals surface area (Å²) in [5, 5.41) is 4.37. The van der Waals surface area contributed by atoms with E-state index in [2.05, 4.69) is 34.3 Å². The van der Waals surface area contributed by atoms with Gasteiger partial charge in [0, 0.05) is 26.1 Å². The maximum atomic E-state index is 12.7. The minimum absolute atomic E-state index is 0.212. The van der Waals surface area contributed by atoms with Crippen LogP contribution in [0, 0.1) is 0 Å². The molecule has 1 fully saturated rings. The van der Waals surface area contributed by atoms with Gasteiger partial charge in [0.2, 0.25) is 0 Å². The average Bonchev–Trinajstić information content (AvgIpc) is 2.72. The van der Waals surface area contributed by atoms with E-state index in [9.17, 15) is 4.79 Å².